The molecule has 1 aliphatic rings. The van der Waals surface area contributed by atoms with E-state index < -0.39 is 10.0 Å². The van der Waals surface area contributed by atoms with Crippen molar-refractivity contribution in [2.75, 3.05) is 19.3 Å². The highest BCUT2D eigenvalue weighted by molar-refractivity contribution is 7.88. The lowest BCUT2D eigenvalue weighted by atomic mass is 9.96. The Hall–Kier alpha value is -2.39. The smallest absolute Gasteiger partial charge is 0.234 e. The minimum Gasteiger partial charge on any atom is -0.282 e. The molecule has 0 radical (unpaired) electrons. The number of fused-ring (bicyclic) bond motifs is 1. The first-order valence-electron chi connectivity index (χ1n) is 8.08. The van der Waals surface area contributed by atoms with E-state index in [1.807, 2.05) is 16.7 Å². The van der Waals surface area contributed by atoms with Gasteiger partial charge in [0.2, 0.25) is 15.8 Å². The molecule has 130 valence electrons. The second-order valence-electron chi connectivity index (χ2n) is 6.22. The van der Waals surface area contributed by atoms with Gasteiger partial charge in [0.1, 0.15) is 5.69 Å². The molecule has 25 heavy (non-hydrogen) atoms. The van der Waals surface area contributed by atoms with Crippen molar-refractivity contribution in [2.45, 2.75) is 18.8 Å². The van der Waals surface area contributed by atoms with Gasteiger partial charge < -0.3 is 0 Å². The Morgan fingerprint density at radius 3 is 2.92 bits per heavy atom. The van der Waals surface area contributed by atoms with Crippen LogP contribution in [-0.4, -0.2) is 56.4 Å². The van der Waals surface area contributed by atoms with Gasteiger partial charge in [0.15, 0.2) is 0 Å². The van der Waals surface area contributed by atoms with Gasteiger partial charge in [0.05, 0.1) is 30.0 Å². The molecule has 4 rings (SSSR count). The van der Waals surface area contributed by atoms with Crippen molar-refractivity contribution in [3.05, 3.63) is 42.7 Å². The van der Waals surface area contributed by atoms with E-state index in [4.69, 9.17) is 4.98 Å². The maximum absolute atomic E-state index is 11.8. The summed E-state index contributed by atoms with van der Waals surface area (Å²) in [5.74, 6) is 0.652. The van der Waals surface area contributed by atoms with Gasteiger partial charge in [-0.15, -0.1) is 0 Å². The number of sulfonamides is 1. The molecular weight excluding hydrogens is 340 g/mol. The molecule has 4 heterocycles. The van der Waals surface area contributed by atoms with E-state index in [1.54, 1.807) is 24.8 Å². The maximum atomic E-state index is 11.8. The molecule has 0 amide bonds. The van der Waals surface area contributed by atoms with Crippen LogP contribution in [0.5, 0.6) is 0 Å². The summed E-state index contributed by atoms with van der Waals surface area (Å²) in [5, 5.41) is 0. The monoisotopic (exact) mass is 358 g/mol. The highest BCUT2D eigenvalue weighted by Crippen LogP contribution is 2.28. The van der Waals surface area contributed by atoms with E-state index in [2.05, 4.69) is 15.0 Å². The van der Waals surface area contributed by atoms with Crippen LogP contribution >= 0.6 is 0 Å². The molecule has 0 aliphatic carbocycles. The summed E-state index contributed by atoms with van der Waals surface area (Å²) in [5.41, 5.74) is 2.33. The molecule has 1 aliphatic heterocycles. The van der Waals surface area contributed by atoms with Crippen LogP contribution in [0.2, 0.25) is 0 Å². The van der Waals surface area contributed by atoms with Crippen LogP contribution < -0.4 is 0 Å². The van der Waals surface area contributed by atoms with Gasteiger partial charge in [-0.25, -0.2) is 27.7 Å². The van der Waals surface area contributed by atoms with Gasteiger partial charge in [-0.2, -0.15) is 0 Å². The Labute approximate surface area is 145 Å². The molecule has 1 saturated heterocycles. The summed E-state index contributed by atoms with van der Waals surface area (Å²) in [7, 11) is -3.19. The highest BCUT2D eigenvalue weighted by atomic mass is 32.2. The quantitative estimate of drug-likeness (QED) is 0.701. The third-order valence-electron chi connectivity index (χ3n) is 4.48. The van der Waals surface area contributed by atoms with Gasteiger partial charge in [0, 0.05) is 37.6 Å². The van der Waals surface area contributed by atoms with Crippen LogP contribution in [0, 0.1) is 0 Å². The minimum absolute atomic E-state index is 0.0493. The first-order valence-corrected chi connectivity index (χ1v) is 9.93. The lowest BCUT2D eigenvalue weighted by molar-refractivity contribution is 0.314. The molecule has 9 heteroatoms. The molecule has 1 unspecified atom stereocenters. The second kappa shape index (κ2) is 6.16. The van der Waals surface area contributed by atoms with E-state index in [0.717, 1.165) is 24.2 Å². The zero-order valence-electron chi connectivity index (χ0n) is 13.8. The van der Waals surface area contributed by atoms with Gasteiger partial charge >= 0.3 is 0 Å². The lowest BCUT2D eigenvalue weighted by Gasteiger charge is -2.30. The fourth-order valence-corrected chi connectivity index (χ4v) is 4.12. The van der Waals surface area contributed by atoms with Crippen LogP contribution in [0.4, 0.5) is 0 Å². The largest absolute Gasteiger partial charge is 0.282 e. The van der Waals surface area contributed by atoms with Crippen molar-refractivity contribution in [2.24, 2.45) is 0 Å². The lowest BCUT2D eigenvalue weighted by Crippen LogP contribution is -2.38. The number of piperidine rings is 1. The average molecular weight is 358 g/mol. The van der Waals surface area contributed by atoms with Crippen LogP contribution in [0.15, 0.2) is 37.1 Å². The molecular formula is C16H18N6O2S. The molecule has 0 spiro atoms. The summed E-state index contributed by atoms with van der Waals surface area (Å²) < 4.78 is 27.0. The molecule has 8 nitrogen and oxygen atoms in total. The van der Waals surface area contributed by atoms with E-state index in [1.165, 1.54) is 10.6 Å². The number of hydrogen-bond acceptors (Lipinski definition) is 6. The highest BCUT2D eigenvalue weighted by Gasteiger charge is 2.28. The van der Waals surface area contributed by atoms with Gasteiger partial charge in [-0.3, -0.25) is 9.38 Å². The Morgan fingerprint density at radius 1 is 1.20 bits per heavy atom. The Kier molecular flexibility index (Phi) is 3.97. The molecule has 0 bridgehead atoms. The second-order valence-corrected chi connectivity index (χ2v) is 8.20. The zero-order chi connectivity index (χ0) is 17.4. The van der Waals surface area contributed by atoms with Crippen LogP contribution in [-0.2, 0) is 10.0 Å². The molecule has 3 aromatic heterocycles. The number of aromatic nitrogens is 5. The average Bonchev–Trinajstić information content (AvgIpc) is 3.05. The van der Waals surface area contributed by atoms with Crippen molar-refractivity contribution in [1.82, 2.24) is 28.6 Å². The van der Waals surface area contributed by atoms with Gasteiger partial charge in [-0.05, 0) is 18.9 Å². The maximum Gasteiger partial charge on any atom is 0.234 e. The van der Waals surface area contributed by atoms with Gasteiger partial charge in [-0.1, -0.05) is 0 Å². The number of imidazole rings is 1. The normalized spacial score (nSPS) is 19.3. The molecule has 1 atom stereocenters. The Morgan fingerprint density at radius 2 is 2.08 bits per heavy atom. The summed E-state index contributed by atoms with van der Waals surface area (Å²) in [6.45, 7) is 1.02. The number of rotatable bonds is 3. The third-order valence-corrected chi connectivity index (χ3v) is 5.75. The van der Waals surface area contributed by atoms with Crippen molar-refractivity contribution < 1.29 is 8.42 Å². The predicted octanol–water partition coefficient (Wildman–Crippen LogP) is 1.33. The first-order chi connectivity index (χ1) is 12.0. The topological polar surface area (TPSA) is 93.4 Å². The fraction of sp³-hybridized carbons (Fsp3) is 0.375. The van der Waals surface area contributed by atoms with Crippen molar-refractivity contribution in [3.63, 3.8) is 0 Å². The van der Waals surface area contributed by atoms with Crippen molar-refractivity contribution in [3.8, 4) is 11.4 Å². The Balaban J connectivity index is 1.68. The van der Waals surface area contributed by atoms with Crippen LogP contribution in [0.3, 0.4) is 0 Å². The third kappa shape index (κ3) is 3.12. The molecule has 0 N–H and O–H groups in total. The molecule has 0 saturated carbocycles. The summed E-state index contributed by atoms with van der Waals surface area (Å²) in [6, 6.07) is 1.83. The molecule has 3 aromatic rings. The SMILES string of the molecule is CS(=O)(=O)N1CCCC(c2cncc(-c3cnc4ncccn34)n2)C1. The fourth-order valence-electron chi connectivity index (χ4n) is 3.20. The van der Waals surface area contributed by atoms with Gasteiger partial charge in [0.25, 0.3) is 0 Å². The van der Waals surface area contributed by atoms with Crippen LogP contribution in [0.1, 0.15) is 24.5 Å². The Bertz CT molecular complexity index is 1020. The van der Waals surface area contributed by atoms with E-state index in [-0.39, 0.29) is 5.92 Å². The number of hydrogen-bond donors (Lipinski definition) is 0. The summed E-state index contributed by atoms with van der Waals surface area (Å²) in [6.07, 6.45) is 11.7. The summed E-state index contributed by atoms with van der Waals surface area (Å²) in [4.78, 5) is 17.5. The van der Waals surface area contributed by atoms with E-state index >= 15 is 0 Å². The van der Waals surface area contributed by atoms with Crippen molar-refractivity contribution in [1.29, 1.82) is 0 Å². The first kappa shape index (κ1) is 16.1. The predicted molar refractivity (Wildman–Crippen MR) is 92.4 cm³/mol. The number of nitrogens with zero attached hydrogens (tertiary/aromatic N) is 6. The molecule has 0 aromatic carbocycles. The van der Waals surface area contributed by atoms with Crippen LogP contribution in [0.25, 0.3) is 17.2 Å². The summed E-state index contributed by atoms with van der Waals surface area (Å²) >= 11 is 0. The van der Waals surface area contributed by atoms with E-state index in [0.29, 0.717) is 24.6 Å². The zero-order valence-corrected chi connectivity index (χ0v) is 14.6. The molecule has 1 fully saturated rings. The minimum atomic E-state index is -3.19. The van der Waals surface area contributed by atoms with Crippen molar-refractivity contribution >= 4 is 15.8 Å². The van der Waals surface area contributed by atoms with E-state index in [9.17, 15) is 8.42 Å². The standard InChI is InChI=1S/C16H18N6O2S/c1-25(23,24)21-6-2-4-12(11-21)13-8-17-9-14(20-13)15-10-19-16-18-5-3-7-22(15)16/h3,5,7-10,12H,2,4,6,11H2,1H3.